The highest BCUT2D eigenvalue weighted by Crippen LogP contribution is 2.32. The molecular formula is C57H48N2Si2. The topological polar surface area (TPSA) is 17.8 Å². The minimum atomic E-state index is -3.01. The maximum absolute atomic E-state index is 6.20. The fourth-order valence-corrected chi connectivity index (χ4v) is 19.6. The highest BCUT2D eigenvalue weighted by atomic mass is 28.3. The first kappa shape index (κ1) is 38.4. The van der Waals surface area contributed by atoms with Crippen LogP contribution in [0.25, 0.3) is 27.6 Å². The van der Waals surface area contributed by atoms with Crippen LogP contribution >= 0.6 is 0 Å². The lowest BCUT2D eigenvalue weighted by atomic mass is 10.0. The van der Waals surface area contributed by atoms with Crippen LogP contribution in [0.1, 0.15) is 19.4 Å². The number of para-hydroxylation sites is 1. The summed E-state index contributed by atoms with van der Waals surface area (Å²) in [6.07, 6.45) is 0.910. The molecule has 8 aromatic carbocycles. The highest BCUT2D eigenvalue weighted by Gasteiger charge is 2.45. The maximum atomic E-state index is 6.20. The molecule has 10 aromatic rings. The average Bonchev–Trinajstić information content (AvgIpc) is 3.64. The van der Waals surface area contributed by atoms with Gasteiger partial charge >= 0.3 is 0 Å². The van der Waals surface area contributed by atoms with Gasteiger partial charge in [0, 0.05) is 16.4 Å². The summed E-state index contributed by atoms with van der Waals surface area (Å²) in [6.45, 7) is 4.68. The molecule has 0 fully saturated rings. The standard InChI is InChI=1S/C57H48N2Si2/c1-43(2)40-44-41-55-56(58-57(44)61(49-32-18-7-19-33-49,50-34-20-8-21-35-50)51-36-22-9-23-37-51)53-42-52(38-39-54(53)59(55)45-24-10-3-11-25-45)60(46-26-12-4-13-27-46,47-28-14-5-15-29-47)48-30-16-6-17-31-48/h3-39,41-43H,40H2,1-2H3. The summed E-state index contributed by atoms with van der Waals surface area (Å²) in [6, 6.07) is 88.2. The largest absolute Gasteiger partial charge is 0.308 e. The molecule has 0 bridgehead atoms. The molecule has 0 N–H and O–H groups in total. The van der Waals surface area contributed by atoms with Crippen molar-refractivity contribution in [3.63, 3.8) is 0 Å². The van der Waals surface area contributed by atoms with E-state index in [1.54, 1.807) is 0 Å². The smallest absolute Gasteiger partial charge is 0.202 e. The molecular weight excluding hydrogens is 769 g/mol. The van der Waals surface area contributed by atoms with E-state index < -0.39 is 16.1 Å². The molecule has 0 aliphatic heterocycles. The molecule has 0 aliphatic carbocycles. The summed E-state index contributed by atoms with van der Waals surface area (Å²) in [5.74, 6) is 0.419. The molecule has 0 radical (unpaired) electrons. The van der Waals surface area contributed by atoms with Gasteiger partial charge in [-0.15, -0.1) is 0 Å². The molecule has 0 unspecified atom stereocenters. The molecule has 10 rings (SSSR count). The Bertz CT molecular complexity index is 2850. The van der Waals surface area contributed by atoms with Crippen molar-refractivity contribution in [3.8, 4) is 5.69 Å². The summed E-state index contributed by atoms with van der Waals surface area (Å²) < 4.78 is 2.46. The van der Waals surface area contributed by atoms with Gasteiger partial charge in [-0.3, -0.25) is 4.98 Å². The van der Waals surface area contributed by atoms with E-state index in [1.165, 1.54) is 52.6 Å². The van der Waals surface area contributed by atoms with Crippen molar-refractivity contribution in [3.05, 3.63) is 242 Å². The molecule has 2 nitrogen and oxygen atoms in total. The van der Waals surface area contributed by atoms with Gasteiger partial charge in [-0.05, 0) is 78.5 Å². The zero-order valence-electron chi connectivity index (χ0n) is 34.7. The van der Waals surface area contributed by atoms with Crippen LogP contribution in [0.2, 0.25) is 0 Å². The van der Waals surface area contributed by atoms with Gasteiger partial charge in [-0.1, -0.05) is 226 Å². The number of rotatable bonds is 11. The van der Waals surface area contributed by atoms with Gasteiger partial charge in [-0.25, -0.2) is 0 Å². The van der Waals surface area contributed by atoms with Gasteiger partial charge in [0.2, 0.25) is 8.07 Å². The van der Waals surface area contributed by atoms with Crippen LogP contribution in [-0.4, -0.2) is 25.7 Å². The van der Waals surface area contributed by atoms with E-state index >= 15 is 0 Å². The van der Waals surface area contributed by atoms with Crippen LogP contribution in [0.3, 0.4) is 0 Å². The summed E-state index contributed by atoms with van der Waals surface area (Å²) >= 11 is 0. The second kappa shape index (κ2) is 16.3. The monoisotopic (exact) mass is 816 g/mol. The molecule has 0 saturated heterocycles. The first-order valence-corrected chi connectivity index (χ1v) is 25.5. The third kappa shape index (κ3) is 6.51. The second-order valence-electron chi connectivity index (χ2n) is 16.6. The Morgan fingerprint density at radius 1 is 0.393 bits per heavy atom. The van der Waals surface area contributed by atoms with Gasteiger partial charge in [-0.2, -0.15) is 0 Å². The number of aromatic nitrogens is 2. The molecule has 0 atom stereocenters. The molecule has 4 heteroatoms. The lowest BCUT2D eigenvalue weighted by Gasteiger charge is -2.35. The van der Waals surface area contributed by atoms with E-state index in [4.69, 9.17) is 4.98 Å². The van der Waals surface area contributed by atoms with Crippen molar-refractivity contribution in [2.24, 2.45) is 5.92 Å². The van der Waals surface area contributed by atoms with E-state index in [1.807, 2.05) is 0 Å². The van der Waals surface area contributed by atoms with Crippen molar-refractivity contribution >= 4 is 79.7 Å². The van der Waals surface area contributed by atoms with Crippen molar-refractivity contribution in [2.75, 3.05) is 0 Å². The number of hydrogen-bond donors (Lipinski definition) is 0. The first-order valence-electron chi connectivity index (χ1n) is 21.5. The Labute approximate surface area is 361 Å². The van der Waals surface area contributed by atoms with Crippen LogP contribution < -0.4 is 41.6 Å². The lowest BCUT2D eigenvalue weighted by molar-refractivity contribution is 0.648. The van der Waals surface area contributed by atoms with Crippen LogP contribution in [-0.2, 0) is 6.42 Å². The van der Waals surface area contributed by atoms with Gasteiger partial charge in [0.1, 0.15) is 0 Å². The van der Waals surface area contributed by atoms with E-state index in [0.29, 0.717) is 5.92 Å². The minimum absolute atomic E-state index is 0.419. The third-order valence-electron chi connectivity index (χ3n) is 12.5. The zero-order chi connectivity index (χ0) is 41.2. The Kier molecular flexibility index (Phi) is 10.3. The van der Waals surface area contributed by atoms with Gasteiger partial charge < -0.3 is 4.57 Å². The number of nitrogens with zero attached hydrogens (tertiary/aromatic N) is 2. The molecule has 0 spiro atoms. The molecule has 2 aromatic heterocycles. The van der Waals surface area contributed by atoms with E-state index in [2.05, 4.69) is 255 Å². The Morgan fingerprint density at radius 2 is 0.770 bits per heavy atom. The Balaban J connectivity index is 1.39. The van der Waals surface area contributed by atoms with Crippen LogP contribution in [0.4, 0.5) is 0 Å². The maximum Gasteiger partial charge on any atom is 0.202 e. The SMILES string of the molecule is CC(C)Cc1cc2c(nc1[Si](c1ccccc1)(c1ccccc1)c1ccccc1)c1cc([Si](c3ccccc3)(c3ccccc3)c3ccccc3)ccc1n2-c1ccccc1. The third-order valence-corrected chi connectivity index (χ3v) is 22.0. The fraction of sp³-hybridized carbons (Fsp3) is 0.0702. The van der Waals surface area contributed by atoms with Crippen molar-refractivity contribution < 1.29 is 0 Å². The highest BCUT2D eigenvalue weighted by molar-refractivity contribution is 7.20. The van der Waals surface area contributed by atoms with E-state index in [9.17, 15) is 0 Å². The van der Waals surface area contributed by atoms with Gasteiger partial charge in [0.15, 0.2) is 8.07 Å². The number of fused-ring (bicyclic) bond motifs is 3. The summed E-state index contributed by atoms with van der Waals surface area (Å²) in [7, 11) is -5.85. The average molecular weight is 817 g/mol. The molecule has 294 valence electrons. The van der Waals surface area contributed by atoms with Gasteiger partial charge in [0.05, 0.1) is 16.6 Å². The van der Waals surface area contributed by atoms with Crippen molar-refractivity contribution in [1.82, 2.24) is 9.55 Å². The normalized spacial score (nSPS) is 12.0. The van der Waals surface area contributed by atoms with E-state index in [-0.39, 0.29) is 0 Å². The number of benzene rings is 8. The summed E-state index contributed by atoms with van der Waals surface area (Å²) in [5.41, 5.74) is 5.79. The predicted molar refractivity (Wildman–Crippen MR) is 264 cm³/mol. The minimum Gasteiger partial charge on any atom is -0.308 e. The van der Waals surface area contributed by atoms with Crippen molar-refractivity contribution in [1.29, 1.82) is 0 Å². The quantitative estimate of drug-likeness (QED) is 0.0954. The molecule has 0 saturated carbocycles. The summed E-state index contributed by atoms with van der Waals surface area (Å²) in [4.78, 5) is 6.20. The van der Waals surface area contributed by atoms with Crippen LogP contribution in [0, 0.1) is 5.92 Å². The van der Waals surface area contributed by atoms with Crippen LogP contribution in [0.5, 0.6) is 0 Å². The lowest BCUT2D eigenvalue weighted by Crippen LogP contribution is -2.76. The number of pyridine rings is 1. The first-order chi connectivity index (χ1) is 30.1. The second-order valence-corrected chi connectivity index (χ2v) is 24.1. The Hall–Kier alpha value is -6.86. The Morgan fingerprint density at radius 3 is 1.16 bits per heavy atom. The van der Waals surface area contributed by atoms with Crippen LogP contribution in [0.15, 0.2) is 237 Å². The van der Waals surface area contributed by atoms with Gasteiger partial charge in [0.25, 0.3) is 0 Å². The van der Waals surface area contributed by atoms with E-state index in [0.717, 1.165) is 28.7 Å². The zero-order valence-corrected chi connectivity index (χ0v) is 36.7. The number of hydrogen-bond acceptors (Lipinski definition) is 1. The predicted octanol–water partition coefficient (Wildman–Crippen LogP) is 8.13. The van der Waals surface area contributed by atoms with Crippen molar-refractivity contribution in [2.45, 2.75) is 20.3 Å². The molecule has 2 heterocycles. The molecule has 61 heavy (non-hydrogen) atoms. The molecule has 0 aliphatic rings. The summed E-state index contributed by atoms with van der Waals surface area (Å²) in [5, 5.41) is 11.8. The fourth-order valence-electron chi connectivity index (χ4n) is 10.0. The molecule has 0 amide bonds.